The van der Waals surface area contributed by atoms with E-state index in [1.807, 2.05) is 6.07 Å². The van der Waals surface area contributed by atoms with Crippen LogP contribution in [0.3, 0.4) is 0 Å². The van der Waals surface area contributed by atoms with Crippen molar-refractivity contribution in [3.05, 3.63) is 152 Å². The van der Waals surface area contributed by atoms with Gasteiger partial charge in [0, 0.05) is 10.9 Å². The summed E-state index contributed by atoms with van der Waals surface area (Å²) in [7, 11) is 0. The molecule has 3 heterocycles. The van der Waals surface area contributed by atoms with E-state index in [2.05, 4.69) is 150 Å². The van der Waals surface area contributed by atoms with Gasteiger partial charge in [-0.25, -0.2) is 9.97 Å². The lowest BCUT2D eigenvalue weighted by Crippen LogP contribution is -1.93. The van der Waals surface area contributed by atoms with E-state index in [1.165, 1.54) is 48.5 Å². The minimum Gasteiger partial charge on any atom is -0.281 e. The summed E-state index contributed by atoms with van der Waals surface area (Å²) < 4.78 is 3.54. The summed E-state index contributed by atoms with van der Waals surface area (Å²) in [5.41, 5.74) is 11.1. The highest BCUT2D eigenvalue weighted by molar-refractivity contribution is 7.23. The fourth-order valence-corrected chi connectivity index (χ4v) is 8.23. The standard InChI is InChI=1S/C42H25N3S/c1-3-13-26(14-4-1)37-29-17-7-9-19-31(29)38(32-20-10-8-18-30(32)37)28-23-24-36-35(25-28)45-41-39(27-15-5-2-6-16-27)43-34-22-12-11-21-33(34)40(41)44-42(45)46-36/h1-25H. The predicted octanol–water partition coefficient (Wildman–Crippen LogP) is 11.6. The number of thiazole rings is 1. The molecule has 214 valence electrons. The predicted molar refractivity (Wildman–Crippen MR) is 195 cm³/mol. The minimum atomic E-state index is 0.954. The SMILES string of the molecule is c1ccc(-c2c3ccccc3c(-c3ccc4sc5nc6c7ccccc7nc(-c7ccccc7)c6n5c4c3)c3ccccc23)cc1. The van der Waals surface area contributed by atoms with Crippen molar-refractivity contribution in [3.63, 3.8) is 0 Å². The van der Waals surface area contributed by atoms with Crippen molar-refractivity contribution >= 4 is 70.0 Å². The van der Waals surface area contributed by atoms with Gasteiger partial charge in [0.05, 0.1) is 21.4 Å². The lowest BCUT2D eigenvalue weighted by atomic mass is 9.86. The molecule has 4 heteroatoms. The maximum absolute atomic E-state index is 5.26. The molecule has 0 atom stereocenters. The van der Waals surface area contributed by atoms with Crippen molar-refractivity contribution in [2.75, 3.05) is 0 Å². The van der Waals surface area contributed by atoms with Gasteiger partial charge in [0.25, 0.3) is 0 Å². The van der Waals surface area contributed by atoms with Crippen molar-refractivity contribution in [1.29, 1.82) is 0 Å². The number of rotatable bonds is 3. The molecule has 0 bridgehead atoms. The van der Waals surface area contributed by atoms with Crippen molar-refractivity contribution in [2.45, 2.75) is 0 Å². The summed E-state index contributed by atoms with van der Waals surface area (Å²) in [5.74, 6) is 0. The maximum Gasteiger partial charge on any atom is 0.195 e. The zero-order valence-corrected chi connectivity index (χ0v) is 25.5. The van der Waals surface area contributed by atoms with Gasteiger partial charge in [-0.15, -0.1) is 0 Å². The zero-order valence-electron chi connectivity index (χ0n) is 24.7. The molecule has 0 N–H and O–H groups in total. The zero-order chi connectivity index (χ0) is 30.2. The number of benzene rings is 7. The van der Waals surface area contributed by atoms with Crippen LogP contribution in [0.4, 0.5) is 0 Å². The van der Waals surface area contributed by atoms with Crippen molar-refractivity contribution < 1.29 is 0 Å². The number of aromatic nitrogens is 3. The van der Waals surface area contributed by atoms with Crippen molar-refractivity contribution in [3.8, 4) is 33.5 Å². The first kappa shape index (κ1) is 25.5. The summed E-state index contributed by atoms with van der Waals surface area (Å²) in [6, 6.07) is 54.2. The quantitative estimate of drug-likeness (QED) is 0.188. The van der Waals surface area contributed by atoms with E-state index in [9.17, 15) is 0 Å². The average Bonchev–Trinajstić information content (AvgIpc) is 3.67. The number of hydrogen-bond acceptors (Lipinski definition) is 3. The van der Waals surface area contributed by atoms with E-state index in [-0.39, 0.29) is 0 Å². The molecule has 0 aliphatic heterocycles. The number of nitrogens with zero attached hydrogens (tertiary/aromatic N) is 3. The van der Waals surface area contributed by atoms with E-state index < -0.39 is 0 Å². The highest BCUT2D eigenvalue weighted by atomic mass is 32.1. The largest absolute Gasteiger partial charge is 0.281 e. The van der Waals surface area contributed by atoms with Crippen LogP contribution in [0.25, 0.3) is 92.2 Å². The van der Waals surface area contributed by atoms with Crippen LogP contribution >= 0.6 is 11.3 Å². The molecule has 7 aromatic carbocycles. The molecule has 10 aromatic rings. The van der Waals surface area contributed by atoms with Gasteiger partial charge in [0.2, 0.25) is 0 Å². The van der Waals surface area contributed by atoms with Crippen LogP contribution in [-0.4, -0.2) is 14.4 Å². The molecule has 0 saturated carbocycles. The normalized spacial score (nSPS) is 11.9. The Balaban J connectivity index is 1.32. The molecule has 3 aromatic heterocycles. The number of fused-ring (bicyclic) bond motifs is 9. The Morgan fingerprint density at radius 2 is 1.00 bits per heavy atom. The fraction of sp³-hybridized carbons (Fsp3) is 0. The highest BCUT2D eigenvalue weighted by Gasteiger charge is 2.21. The molecule has 3 nitrogen and oxygen atoms in total. The summed E-state index contributed by atoms with van der Waals surface area (Å²) in [6.07, 6.45) is 0. The van der Waals surface area contributed by atoms with Crippen LogP contribution in [0.15, 0.2) is 152 Å². The lowest BCUT2D eigenvalue weighted by molar-refractivity contribution is 1.32. The lowest BCUT2D eigenvalue weighted by Gasteiger charge is -2.17. The third-order valence-corrected chi connectivity index (χ3v) is 10.2. The second-order valence-corrected chi connectivity index (χ2v) is 12.8. The van der Waals surface area contributed by atoms with Gasteiger partial charge >= 0.3 is 0 Å². The van der Waals surface area contributed by atoms with Crippen LogP contribution in [0.5, 0.6) is 0 Å². The fourth-order valence-electron chi connectivity index (χ4n) is 7.23. The van der Waals surface area contributed by atoms with Crippen molar-refractivity contribution in [1.82, 2.24) is 14.4 Å². The maximum atomic E-state index is 5.26. The van der Waals surface area contributed by atoms with Crippen LogP contribution in [-0.2, 0) is 0 Å². The van der Waals surface area contributed by atoms with Gasteiger partial charge in [0.15, 0.2) is 4.96 Å². The molecule has 0 saturated heterocycles. The summed E-state index contributed by atoms with van der Waals surface area (Å²) in [6.45, 7) is 0. The van der Waals surface area contributed by atoms with E-state index in [0.717, 1.165) is 43.7 Å². The number of para-hydroxylation sites is 1. The Kier molecular flexibility index (Phi) is 5.45. The van der Waals surface area contributed by atoms with Gasteiger partial charge in [-0.1, -0.05) is 145 Å². The molecule has 10 rings (SSSR count). The van der Waals surface area contributed by atoms with Gasteiger partial charge in [-0.3, -0.25) is 4.40 Å². The Hall–Kier alpha value is -5.84. The number of pyridine rings is 1. The Morgan fingerprint density at radius 1 is 0.457 bits per heavy atom. The van der Waals surface area contributed by atoms with Crippen molar-refractivity contribution in [2.24, 2.45) is 0 Å². The molecule has 0 aliphatic carbocycles. The Labute approximate surface area is 268 Å². The molecule has 0 unspecified atom stereocenters. The topological polar surface area (TPSA) is 30.2 Å². The average molecular weight is 604 g/mol. The van der Waals surface area contributed by atoms with Gasteiger partial charge in [0.1, 0.15) is 11.0 Å². The second-order valence-electron chi connectivity index (χ2n) is 11.8. The first-order valence-corrected chi connectivity index (χ1v) is 16.3. The van der Waals surface area contributed by atoms with E-state index >= 15 is 0 Å². The van der Waals surface area contributed by atoms with Crippen LogP contribution < -0.4 is 0 Å². The molecule has 0 spiro atoms. The summed E-state index contributed by atoms with van der Waals surface area (Å²) in [5, 5.41) is 6.09. The molecule has 0 amide bonds. The van der Waals surface area contributed by atoms with E-state index in [4.69, 9.17) is 9.97 Å². The van der Waals surface area contributed by atoms with Crippen LogP contribution in [0, 0.1) is 0 Å². The van der Waals surface area contributed by atoms with Crippen LogP contribution in [0.2, 0.25) is 0 Å². The Morgan fingerprint density at radius 3 is 1.65 bits per heavy atom. The Bertz CT molecular complexity index is 2740. The minimum absolute atomic E-state index is 0.954. The molecule has 0 radical (unpaired) electrons. The van der Waals surface area contributed by atoms with E-state index in [1.54, 1.807) is 11.3 Å². The second kappa shape index (κ2) is 9.83. The monoisotopic (exact) mass is 603 g/mol. The van der Waals surface area contributed by atoms with Gasteiger partial charge < -0.3 is 0 Å². The van der Waals surface area contributed by atoms with E-state index in [0.29, 0.717) is 0 Å². The summed E-state index contributed by atoms with van der Waals surface area (Å²) in [4.78, 5) is 11.5. The molecule has 0 fully saturated rings. The highest BCUT2D eigenvalue weighted by Crippen LogP contribution is 2.45. The number of hydrogen-bond donors (Lipinski definition) is 0. The van der Waals surface area contributed by atoms with Gasteiger partial charge in [-0.05, 0) is 62.0 Å². The third-order valence-electron chi connectivity index (χ3n) is 9.19. The summed E-state index contributed by atoms with van der Waals surface area (Å²) >= 11 is 1.73. The number of imidazole rings is 1. The van der Waals surface area contributed by atoms with Crippen LogP contribution in [0.1, 0.15) is 0 Å². The molecular formula is C42H25N3S. The molecule has 0 aliphatic rings. The molecule has 46 heavy (non-hydrogen) atoms. The first-order chi connectivity index (χ1) is 22.8. The first-order valence-electron chi connectivity index (χ1n) is 15.5. The smallest absolute Gasteiger partial charge is 0.195 e. The third kappa shape index (κ3) is 3.65. The van der Waals surface area contributed by atoms with Gasteiger partial charge in [-0.2, -0.15) is 0 Å². The molecular weight excluding hydrogens is 579 g/mol.